The van der Waals surface area contributed by atoms with E-state index >= 15 is 0 Å². The minimum atomic E-state index is -1.02. The summed E-state index contributed by atoms with van der Waals surface area (Å²) in [5.41, 5.74) is 7.56. The lowest BCUT2D eigenvalue weighted by Gasteiger charge is -2.27. The summed E-state index contributed by atoms with van der Waals surface area (Å²) in [6, 6.07) is 9.07. The fraction of sp³-hybridized carbons (Fsp3) is 0.250. The van der Waals surface area contributed by atoms with Crippen molar-refractivity contribution >= 4 is 0 Å². The van der Waals surface area contributed by atoms with Gasteiger partial charge in [-0.25, -0.2) is 8.78 Å². The normalized spacial score (nSPS) is 16.4. The standard InChI is InChI=1S/C16H15F2NO/c1-16(19,11-7-12(17)9-13(18)8-11)14-4-2-3-10-5-6-20-15(10)14/h2-4,7-9H,5-6,19H2,1H3. The molecule has 0 aliphatic carbocycles. The Labute approximate surface area is 116 Å². The molecule has 104 valence electrons. The topological polar surface area (TPSA) is 35.2 Å². The third-order valence-electron chi connectivity index (χ3n) is 3.74. The molecular formula is C16H15F2NO. The first-order valence-corrected chi connectivity index (χ1v) is 6.49. The molecule has 2 N–H and O–H groups in total. The Kier molecular flexibility index (Phi) is 2.98. The minimum Gasteiger partial charge on any atom is -0.493 e. The van der Waals surface area contributed by atoms with Gasteiger partial charge in [0.2, 0.25) is 0 Å². The first-order chi connectivity index (χ1) is 9.48. The Hall–Kier alpha value is -1.94. The highest BCUT2D eigenvalue weighted by molar-refractivity contribution is 5.51. The molecule has 2 nitrogen and oxygen atoms in total. The molecule has 0 amide bonds. The van der Waals surface area contributed by atoms with Gasteiger partial charge in [-0.2, -0.15) is 0 Å². The number of halogens is 2. The third kappa shape index (κ3) is 2.06. The predicted octanol–water partition coefficient (Wildman–Crippen LogP) is 3.12. The van der Waals surface area contributed by atoms with Gasteiger partial charge in [0, 0.05) is 18.1 Å². The first kappa shape index (κ1) is 13.1. The van der Waals surface area contributed by atoms with E-state index in [9.17, 15) is 8.78 Å². The highest BCUT2D eigenvalue weighted by Gasteiger charge is 2.31. The molecule has 1 atom stereocenters. The molecule has 2 aromatic carbocycles. The lowest BCUT2D eigenvalue weighted by atomic mass is 9.84. The van der Waals surface area contributed by atoms with E-state index < -0.39 is 17.2 Å². The van der Waals surface area contributed by atoms with E-state index in [2.05, 4.69) is 0 Å². The molecule has 2 aromatic rings. The molecule has 0 radical (unpaired) electrons. The number of hydrogen-bond donors (Lipinski definition) is 1. The van der Waals surface area contributed by atoms with Crippen LogP contribution in [0.4, 0.5) is 8.78 Å². The zero-order chi connectivity index (χ0) is 14.3. The van der Waals surface area contributed by atoms with Crippen LogP contribution in [0.1, 0.15) is 23.6 Å². The van der Waals surface area contributed by atoms with Gasteiger partial charge in [0.05, 0.1) is 12.1 Å². The predicted molar refractivity (Wildman–Crippen MR) is 72.6 cm³/mol. The van der Waals surface area contributed by atoms with Crippen LogP contribution >= 0.6 is 0 Å². The van der Waals surface area contributed by atoms with Crippen LogP contribution in [0.2, 0.25) is 0 Å². The van der Waals surface area contributed by atoms with Crippen molar-refractivity contribution in [1.29, 1.82) is 0 Å². The first-order valence-electron chi connectivity index (χ1n) is 6.49. The molecule has 3 rings (SSSR count). The van der Waals surface area contributed by atoms with Crippen LogP contribution in [0.5, 0.6) is 5.75 Å². The Morgan fingerprint density at radius 3 is 2.55 bits per heavy atom. The second kappa shape index (κ2) is 4.56. The zero-order valence-corrected chi connectivity index (χ0v) is 11.1. The number of ether oxygens (including phenoxy) is 1. The summed E-state index contributed by atoms with van der Waals surface area (Å²) in [7, 11) is 0. The van der Waals surface area contributed by atoms with Crippen LogP contribution in [0.15, 0.2) is 36.4 Å². The van der Waals surface area contributed by atoms with Gasteiger partial charge in [-0.15, -0.1) is 0 Å². The van der Waals surface area contributed by atoms with Crippen LogP contribution in [-0.4, -0.2) is 6.61 Å². The van der Waals surface area contributed by atoms with Crippen molar-refractivity contribution in [2.75, 3.05) is 6.61 Å². The molecule has 0 saturated heterocycles. The van der Waals surface area contributed by atoms with Crippen molar-refractivity contribution in [3.8, 4) is 5.75 Å². The van der Waals surface area contributed by atoms with Crippen LogP contribution in [0.3, 0.4) is 0 Å². The molecule has 0 aromatic heterocycles. The van der Waals surface area contributed by atoms with Crippen molar-refractivity contribution in [2.45, 2.75) is 18.9 Å². The number of nitrogens with two attached hydrogens (primary N) is 1. The second-order valence-corrected chi connectivity index (χ2v) is 5.25. The monoisotopic (exact) mass is 275 g/mol. The van der Waals surface area contributed by atoms with E-state index in [4.69, 9.17) is 10.5 Å². The fourth-order valence-corrected chi connectivity index (χ4v) is 2.63. The maximum absolute atomic E-state index is 13.4. The SMILES string of the molecule is CC(N)(c1cc(F)cc(F)c1)c1cccc2c1OCC2. The van der Waals surface area contributed by atoms with Crippen molar-refractivity contribution in [1.82, 2.24) is 0 Å². The summed E-state index contributed by atoms with van der Waals surface area (Å²) >= 11 is 0. The summed E-state index contributed by atoms with van der Waals surface area (Å²) in [5, 5.41) is 0. The molecule has 1 aliphatic heterocycles. The minimum absolute atomic E-state index is 0.388. The Bertz CT molecular complexity index is 647. The average molecular weight is 275 g/mol. The van der Waals surface area contributed by atoms with Crippen LogP contribution in [0.25, 0.3) is 0 Å². The van der Waals surface area contributed by atoms with Gasteiger partial charge < -0.3 is 10.5 Å². The summed E-state index contributed by atoms with van der Waals surface area (Å²) < 4.78 is 32.5. The lowest BCUT2D eigenvalue weighted by molar-refractivity contribution is 0.347. The Morgan fingerprint density at radius 2 is 1.85 bits per heavy atom. The van der Waals surface area contributed by atoms with E-state index in [0.29, 0.717) is 12.2 Å². The van der Waals surface area contributed by atoms with Crippen molar-refractivity contribution < 1.29 is 13.5 Å². The van der Waals surface area contributed by atoms with Gasteiger partial charge in [-0.1, -0.05) is 18.2 Å². The molecule has 1 unspecified atom stereocenters. The zero-order valence-electron chi connectivity index (χ0n) is 11.1. The summed E-state index contributed by atoms with van der Waals surface area (Å²) in [6.07, 6.45) is 0.830. The Morgan fingerprint density at radius 1 is 1.15 bits per heavy atom. The molecule has 4 heteroatoms. The average Bonchev–Trinajstić information content (AvgIpc) is 2.85. The highest BCUT2D eigenvalue weighted by atomic mass is 19.1. The maximum Gasteiger partial charge on any atom is 0.128 e. The molecule has 1 heterocycles. The molecule has 0 bridgehead atoms. The smallest absolute Gasteiger partial charge is 0.128 e. The second-order valence-electron chi connectivity index (χ2n) is 5.25. The van der Waals surface area contributed by atoms with E-state index in [1.807, 2.05) is 18.2 Å². The molecular weight excluding hydrogens is 260 g/mol. The van der Waals surface area contributed by atoms with Crippen molar-refractivity contribution in [3.05, 3.63) is 64.7 Å². The van der Waals surface area contributed by atoms with E-state index in [1.165, 1.54) is 12.1 Å². The van der Waals surface area contributed by atoms with Crippen LogP contribution < -0.4 is 10.5 Å². The highest BCUT2D eigenvalue weighted by Crippen LogP contribution is 2.38. The molecule has 0 saturated carbocycles. The summed E-state index contributed by atoms with van der Waals surface area (Å²) in [6.45, 7) is 2.35. The molecule has 1 aliphatic rings. The van der Waals surface area contributed by atoms with Crippen molar-refractivity contribution in [3.63, 3.8) is 0 Å². The van der Waals surface area contributed by atoms with Crippen molar-refractivity contribution in [2.24, 2.45) is 5.73 Å². The summed E-state index contributed by atoms with van der Waals surface area (Å²) in [5.74, 6) is -0.530. The number of benzene rings is 2. The number of fused-ring (bicyclic) bond motifs is 1. The lowest BCUT2D eigenvalue weighted by Crippen LogP contribution is -2.35. The van der Waals surface area contributed by atoms with Gasteiger partial charge in [0.1, 0.15) is 17.4 Å². The molecule has 0 spiro atoms. The quantitative estimate of drug-likeness (QED) is 0.914. The molecule has 0 fully saturated rings. The van der Waals surface area contributed by atoms with Crippen LogP contribution in [-0.2, 0) is 12.0 Å². The summed E-state index contributed by atoms with van der Waals surface area (Å²) in [4.78, 5) is 0. The van der Waals surface area contributed by atoms with Gasteiger partial charge in [0.15, 0.2) is 0 Å². The molecule has 20 heavy (non-hydrogen) atoms. The fourth-order valence-electron chi connectivity index (χ4n) is 2.63. The van der Waals surface area contributed by atoms with E-state index in [0.717, 1.165) is 29.4 Å². The van der Waals surface area contributed by atoms with E-state index in [-0.39, 0.29) is 0 Å². The maximum atomic E-state index is 13.4. The van der Waals surface area contributed by atoms with E-state index in [1.54, 1.807) is 6.92 Å². The van der Waals surface area contributed by atoms with Crippen LogP contribution in [0, 0.1) is 11.6 Å². The number of para-hydroxylation sites is 1. The van der Waals surface area contributed by atoms with Gasteiger partial charge in [-0.05, 0) is 30.2 Å². The number of hydrogen-bond acceptors (Lipinski definition) is 2. The Balaban J connectivity index is 2.14. The largest absolute Gasteiger partial charge is 0.493 e. The van der Waals surface area contributed by atoms with Gasteiger partial charge in [-0.3, -0.25) is 0 Å². The third-order valence-corrected chi connectivity index (χ3v) is 3.74. The van der Waals surface area contributed by atoms with Gasteiger partial charge >= 0.3 is 0 Å². The number of rotatable bonds is 2. The van der Waals surface area contributed by atoms with Gasteiger partial charge in [0.25, 0.3) is 0 Å².